The molecule has 0 aliphatic heterocycles. The summed E-state index contributed by atoms with van der Waals surface area (Å²) >= 11 is 0. The minimum atomic E-state index is 0.506. The third kappa shape index (κ3) is 6.78. The summed E-state index contributed by atoms with van der Waals surface area (Å²) < 4.78 is 9.37. The van der Waals surface area contributed by atoms with Crippen LogP contribution >= 0.6 is 0 Å². The Morgan fingerprint density at radius 1 is 0.508 bits per heavy atom. The molecule has 0 atom stereocenters. The Hall–Kier alpha value is -8.15. The molecule has 0 amide bonds. The minimum Gasteiger partial charge on any atom is -0.459 e. The van der Waals surface area contributed by atoms with Gasteiger partial charge in [-0.15, -0.1) is 0 Å². The van der Waals surface area contributed by atoms with E-state index in [0.717, 1.165) is 55.7 Å². The largest absolute Gasteiger partial charge is 0.459 e. The Morgan fingerprint density at radius 3 is 1.87 bits per heavy atom. The zero-order valence-electron chi connectivity index (χ0n) is 33.7. The van der Waals surface area contributed by atoms with E-state index in [2.05, 4.69) is 151 Å². The van der Waals surface area contributed by atoms with E-state index in [9.17, 15) is 0 Å². The highest BCUT2D eigenvalue weighted by atomic mass is 16.3. The van der Waals surface area contributed by atoms with Crippen LogP contribution in [0.1, 0.15) is 11.6 Å². The van der Waals surface area contributed by atoms with Crippen LogP contribution in [0, 0.1) is 6.92 Å². The second kappa shape index (κ2) is 15.9. The maximum Gasteiger partial charge on any atom is 0.164 e. The predicted octanol–water partition coefficient (Wildman–Crippen LogP) is 14.7. The maximum atomic E-state index is 7.01. The summed E-state index contributed by atoms with van der Waals surface area (Å²) in [6.45, 7) is 9.97. The molecule has 0 unspecified atom stereocenters. The van der Waals surface area contributed by atoms with Crippen molar-refractivity contribution in [3.05, 3.63) is 225 Å². The van der Waals surface area contributed by atoms with E-state index in [1.165, 1.54) is 32.7 Å². The molecule has 3 heterocycles. The number of aryl methyl sites for hydroxylation is 1. The third-order valence-electron chi connectivity index (χ3n) is 11.2. The van der Waals surface area contributed by atoms with E-state index in [0.29, 0.717) is 23.1 Å². The van der Waals surface area contributed by atoms with E-state index in [1.54, 1.807) is 12.2 Å². The topological polar surface area (TPSA) is 56.7 Å². The van der Waals surface area contributed by atoms with Crippen molar-refractivity contribution >= 4 is 49.1 Å². The molecule has 0 bridgehead atoms. The van der Waals surface area contributed by atoms with Gasteiger partial charge in [-0.05, 0) is 70.3 Å². The number of allylic oxidation sites excluding steroid dienone is 4. The first-order valence-corrected chi connectivity index (χ1v) is 20.3. The van der Waals surface area contributed by atoms with Crippen molar-refractivity contribution in [2.45, 2.75) is 6.92 Å². The third-order valence-corrected chi connectivity index (χ3v) is 11.2. The van der Waals surface area contributed by atoms with Gasteiger partial charge in [0.05, 0.1) is 16.7 Å². The Balaban J connectivity index is 1.24. The van der Waals surface area contributed by atoms with Gasteiger partial charge in [-0.25, -0.2) is 15.0 Å². The predicted molar refractivity (Wildman–Crippen MR) is 254 cm³/mol. The Morgan fingerprint density at radius 2 is 1.15 bits per heavy atom. The quantitative estimate of drug-likeness (QED) is 0.144. The number of hydrogen-bond acceptors (Lipinski definition) is 4. The second-order valence-corrected chi connectivity index (χ2v) is 14.9. The van der Waals surface area contributed by atoms with Crippen molar-refractivity contribution in [1.82, 2.24) is 19.5 Å². The van der Waals surface area contributed by atoms with Gasteiger partial charge in [0.1, 0.15) is 11.3 Å². The van der Waals surface area contributed by atoms with Gasteiger partial charge in [-0.1, -0.05) is 183 Å². The van der Waals surface area contributed by atoms with Crippen LogP contribution in [0.25, 0.3) is 99.8 Å². The molecule has 0 saturated carbocycles. The summed E-state index contributed by atoms with van der Waals surface area (Å²) in [7, 11) is 0. The maximum absolute atomic E-state index is 7.01. The van der Waals surface area contributed by atoms with Gasteiger partial charge in [0.15, 0.2) is 17.5 Å². The first kappa shape index (κ1) is 37.1. The number of hydrogen-bond donors (Lipinski definition) is 0. The smallest absolute Gasteiger partial charge is 0.164 e. The van der Waals surface area contributed by atoms with Gasteiger partial charge < -0.3 is 8.98 Å². The standard InChI is InChI=1S/C56H40N4O/c1-4-20-38(5-2)54-57-55(41-25-13-8-14-26-41)59-56(58-54)46-30-19-32-52-44(46)28-17-18-31-49(37(3)61-52)60-50-34-33-42(39-21-9-6-10-22-39)35-48(50)53-45-29-16-15-27-43(45)47(36-51(53)60)40-23-11-7-12-24-40/h4-36H,1-2H2,3H3/b28-17?,31-18?,38-20+,49-37?. The lowest BCUT2D eigenvalue weighted by molar-refractivity contribution is 0.565. The summed E-state index contributed by atoms with van der Waals surface area (Å²) in [6, 6.07) is 63.5. The van der Waals surface area contributed by atoms with E-state index < -0.39 is 0 Å². The first-order chi connectivity index (χ1) is 30.1. The minimum absolute atomic E-state index is 0.506. The number of benzene rings is 7. The molecule has 61 heavy (non-hydrogen) atoms. The molecule has 290 valence electrons. The highest BCUT2D eigenvalue weighted by molar-refractivity contribution is 6.24. The normalized spacial score (nSPS) is 11.6. The van der Waals surface area contributed by atoms with Crippen LogP contribution in [-0.4, -0.2) is 19.5 Å². The van der Waals surface area contributed by atoms with Crippen LogP contribution in [0.5, 0.6) is 0 Å². The van der Waals surface area contributed by atoms with Crippen molar-refractivity contribution < 1.29 is 4.42 Å². The summed E-state index contributed by atoms with van der Waals surface area (Å²) in [6.07, 6.45) is 5.30. The van der Waals surface area contributed by atoms with Crippen LogP contribution in [0.4, 0.5) is 0 Å². The molecule has 0 N–H and O–H groups in total. The van der Waals surface area contributed by atoms with Crippen LogP contribution in [0.2, 0.25) is 0 Å². The van der Waals surface area contributed by atoms with Gasteiger partial charge in [0.2, 0.25) is 0 Å². The molecule has 10 rings (SSSR count). The molecule has 0 radical (unpaired) electrons. The average Bonchev–Trinajstić information content (AvgIpc) is 3.67. The fourth-order valence-corrected chi connectivity index (χ4v) is 8.37. The number of nitrogens with zero attached hydrogens (tertiary/aromatic N) is 4. The second-order valence-electron chi connectivity index (χ2n) is 14.9. The average molecular weight is 785 g/mol. The number of rotatable bonds is 8. The Bertz CT molecular complexity index is 3400. The molecular formula is C56H40N4O. The molecule has 10 aromatic rings. The summed E-state index contributed by atoms with van der Waals surface area (Å²) in [5.74, 6) is 2.33. The number of fused-ring (bicyclic) bond motifs is 6. The molecule has 0 spiro atoms. The summed E-state index contributed by atoms with van der Waals surface area (Å²) in [4.78, 5) is 14.9. The first-order valence-electron chi connectivity index (χ1n) is 20.3. The lowest BCUT2D eigenvalue weighted by atomic mass is 9.94. The van der Waals surface area contributed by atoms with Gasteiger partial charge in [0.25, 0.3) is 0 Å². The van der Waals surface area contributed by atoms with Gasteiger partial charge in [-0.3, -0.25) is 0 Å². The highest BCUT2D eigenvalue weighted by Gasteiger charge is 2.20. The monoisotopic (exact) mass is 784 g/mol. The van der Waals surface area contributed by atoms with E-state index >= 15 is 0 Å². The van der Waals surface area contributed by atoms with Crippen LogP contribution in [0.15, 0.2) is 218 Å². The summed E-state index contributed by atoms with van der Waals surface area (Å²) in [5.41, 5.74) is 10.9. The molecule has 0 fully saturated rings. The van der Waals surface area contributed by atoms with Crippen molar-refractivity contribution in [3.63, 3.8) is 0 Å². The van der Waals surface area contributed by atoms with Crippen molar-refractivity contribution in [1.29, 1.82) is 0 Å². The van der Waals surface area contributed by atoms with E-state index in [-0.39, 0.29) is 0 Å². The van der Waals surface area contributed by atoms with Crippen molar-refractivity contribution in [3.8, 4) is 50.7 Å². The zero-order chi connectivity index (χ0) is 41.3. The van der Waals surface area contributed by atoms with Gasteiger partial charge in [-0.2, -0.15) is 0 Å². The van der Waals surface area contributed by atoms with Crippen LogP contribution < -0.4 is 0 Å². The molecule has 0 aliphatic rings. The van der Waals surface area contributed by atoms with E-state index in [4.69, 9.17) is 19.4 Å². The highest BCUT2D eigenvalue weighted by Crippen LogP contribution is 2.43. The Kier molecular flexibility index (Phi) is 9.68. The molecule has 5 heteroatoms. The van der Waals surface area contributed by atoms with Gasteiger partial charge >= 0.3 is 0 Å². The van der Waals surface area contributed by atoms with Crippen LogP contribution in [0.3, 0.4) is 0 Å². The molecular weight excluding hydrogens is 745 g/mol. The molecule has 0 aliphatic carbocycles. The SMILES string of the molecule is C=C/C=C(\C=C)c1nc(-c2ccccc2)nc(-c2cccc3oc(C)c(-n4c5ccc(-c6ccccc6)cc5c5c6ccccc6c(-c6ccccc6)cc54)ccccc23)n1. The van der Waals surface area contributed by atoms with Crippen molar-refractivity contribution in [2.75, 3.05) is 0 Å². The Labute approximate surface area is 354 Å². The fraction of sp³-hybridized carbons (Fsp3) is 0.0179. The molecule has 3 aromatic heterocycles. The molecule has 7 aromatic carbocycles. The lowest BCUT2D eigenvalue weighted by Crippen LogP contribution is -2.02. The molecule has 5 nitrogen and oxygen atoms in total. The zero-order valence-corrected chi connectivity index (χ0v) is 33.7. The molecule has 0 saturated heterocycles. The van der Waals surface area contributed by atoms with E-state index in [1.807, 2.05) is 61.5 Å². The lowest BCUT2D eigenvalue weighted by Gasteiger charge is -2.13. The summed E-state index contributed by atoms with van der Waals surface area (Å²) in [5, 5.41) is 5.62. The van der Waals surface area contributed by atoms with Crippen molar-refractivity contribution in [2.24, 2.45) is 0 Å². The number of aromatic nitrogens is 4. The fourth-order valence-electron chi connectivity index (χ4n) is 8.37. The van der Waals surface area contributed by atoms with Gasteiger partial charge in [0, 0.05) is 32.9 Å². The van der Waals surface area contributed by atoms with Crippen LogP contribution in [-0.2, 0) is 0 Å².